The summed E-state index contributed by atoms with van der Waals surface area (Å²) in [5, 5.41) is 14.8. The maximum Gasteiger partial charge on any atom is 0.385 e. The SMILES string of the molecule is N#[N+]c1ccc2c(c1)c(-c1ccccc1)nn2-c1ccccc1.O=S(=O)([O-])O. The number of para-hydroxylation sites is 1. The zero-order valence-electron chi connectivity index (χ0n) is 14.4. The Balaban J connectivity index is 0.000000403. The van der Waals surface area contributed by atoms with E-state index in [9.17, 15) is 0 Å². The van der Waals surface area contributed by atoms with Gasteiger partial charge in [-0.1, -0.05) is 48.5 Å². The van der Waals surface area contributed by atoms with E-state index < -0.39 is 10.4 Å². The van der Waals surface area contributed by atoms with Gasteiger partial charge in [0.25, 0.3) is 0 Å². The summed E-state index contributed by atoms with van der Waals surface area (Å²) < 4.78 is 34.7. The average molecular weight is 394 g/mol. The zero-order chi connectivity index (χ0) is 20.1. The van der Waals surface area contributed by atoms with Crippen LogP contribution >= 0.6 is 0 Å². The van der Waals surface area contributed by atoms with Gasteiger partial charge in [-0.3, -0.25) is 4.55 Å². The van der Waals surface area contributed by atoms with Gasteiger partial charge in [0, 0.05) is 23.1 Å². The molecule has 0 aliphatic heterocycles. The highest BCUT2D eigenvalue weighted by Gasteiger charge is 2.17. The Hall–Kier alpha value is -3.58. The lowest BCUT2D eigenvalue weighted by Gasteiger charge is -2.02. The Bertz CT molecular complexity index is 1240. The largest absolute Gasteiger partial charge is 0.726 e. The lowest BCUT2D eigenvalue weighted by atomic mass is 10.1. The summed E-state index contributed by atoms with van der Waals surface area (Å²) in [7, 11) is -4.92. The molecule has 9 heteroatoms. The second-order valence-electron chi connectivity index (χ2n) is 5.69. The van der Waals surface area contributed by atoms with Crippen LogP contribution in [0.2, 0.25) is 0 Å². The number of diazo groups is 1. The summed E-state index contributed by atoms with van der Waals surface area (Å²) in [5.41, 5.74) is 4.38. The van der Waals surface area contributed by atoms with E-state index in [0.29, 0.717) is 5.69 Å². The summed E-state index contributed by atoms with van der Waals surface area (Å²) in [6, 6.07) is 25.6. The van der Waals surface area contributed by atoms with Gasteiger partial charge in [-0.05, 0) is 18.2 Å². The fourth-order valence-corrected chi connectivity index (χ4v) is 2.74. The number of benzene rings is 3. The Morgan fingerprint density at radius 1 is 0.964 bits per heavy atom. The Morgan fingerprint density at radius 3 is 2.11 bits per heavy atom. The summed E-state index contributed by atoms with van der Waals surface area (Å²) >= 11 is 0. The standard InChI is InChI=1S/C19H13N4.H2O4S/c20-21-15-11-12-18-17(13-15)19(14-7-3-1-4-8-14)22-23(18)16-9-5-2-6-10-16;1-5(2,3)4/h1-13H;(H2,1,2,3,4)/q+1;/p-1. The van der Waals surface area contributed by atoms with Gasteiger partial charge >= 0.3 is 5.69 Å². The van der Waals surface area contributed by atoms with E-state index >= 15 is 0 Å². The van der Waals surface area contributed by atoms with Crippen LogP contribution in [0.4, 0.5) is 5.69 Å². The van der Waals surface area contributed by atoms with Gasteiger partial charge in [0.2, 0.25) is 15.8 Å². The minimum Gasteiger partial charge on any atom is -0.726 e. The quantitative estimate of drug-likeness (QED) is 0.309. The molecule has 1 heterocycles. The fraction of sp³-hybridized carbons (Fsp3) is 0. The topological polar surface area (TPSA) is 123 Å². The van der Waals surface area contributed by atoms with Crippen molar-refractivity contribution in [2.75, 3.05) is 0 Å². The number of nitrogens with zero attached hydrogens (tertiary/aromatic N) is 4. The third-order valence-corrected chi connectivity index (χ3v) is 3.83. The van der Waals surface area contributed by atoms with Crippen LogP contribution in [0.25, 0.3) is 32.8 Å². The van der Waals surface area contributed by atoms with Gasteiger partial charge in [-0.15, -0.1) is 0 Å². The van der Waals surface area contributed by atoms with Crippen LogP contribution in [0.1, 0.15) is 0 Å². The fourth-order valence-electron chi connectivity index (χ4n) is 2.74. The average Bonchev–Trinajstić information content (AvgIpc) is 3.07. The van der Waals surface area contributed by atoms with Crippen LogP contribution in [-0.4, -0.2) is 27.3 Å². The number of hydrogen-bond acceptors (Lipinski definition) is 5. The molecule has 0 unspecified atom stereocenters. The van der Waals surface area contributed by atoms with Gasteiger partial charge in [-0.25, -0.2) is 13.1 Å². The second-order valence-corrected chi connectivity index (χ2v) is 6.55. The van der Waals surface area contributed by atoms with Gasteiger partial charge in [-0.2, -0.15) is 5.10 Å². The molecule has 0 fully saturated rings. The van der Waals surface area contributed by atoms with E-state index in [1.54, 1.807) is 6.07 Å². The van der Waals surface area contributed by atoms with Crippen molar-refractivity contribution < 1.29 is 17.5 Å². The van der Waals surface area contributed by atoms with Crippen molar-refractivity contribution in [1.82, 2.24) is 9.78 Å². The third-order valence-electron chi connectivity index (χ3n) is 3.83. The highest BCUT2D eigenvalue weighted by molar-refractivity contribution is 7.79. The van der Waals surface area contributed by atoms with Crippen molar-refractivity contribution in [2.45, 2.75) is 0 Å². The Kier molecular flexibility index (Phi) is 5.47. The molecule has 1 aromatic heterocycles. The molecule has 0 saturated heterocycles. The van der Waals surface area contributed by atoms with Crippen LogP contribution in [0, 0.1) is 5.39 Å². The molecule has 0 bridgehead atoms. The zero-order valence-corrected chi connectivity index (χ0v) is 15.2. The smallest absolute Gasteiger partial charge is 0.385 e. The van der Waals surface area contributed by atoms with Crippen molar-refractivity contribution in [3.8, 4) is 16.9 Å². The minimum atomic E-state index is -4.92. The highest BCUT2D eigenvalue weighted by atomic mass is 32.3. The van der Waals surface area contributed by atoms with Crippen molar-refractivity contribution >= 4 is 27.0 Å². The van der Waals surface area contributed by atoms with E-state index in [1.165, 1.54) is 0 Å². The molecule has 0 amide bonds. The van der Waals surface area contributed by atoms with Gasteiger partial charge < -0.3 is 4.55 Å². The van der Waals surface area contributed by atoms with E-state index in [1.807, 2.05) is 77.5 Å². The summed E-state index contributed by atoms with van der Waals surface area (Å²) in [5.74, 6) is 0. The van der Waals surface area contributed by atoms with Crippen LogP contribution in [-0.2, 0) is 10.4 Å². The van der Waals surface area contributed by atoms with Crippen molar-refractivity contribution in [3.05, 3.63) is 83.8 Å². The van der Waals surface area contributed by atoms with Crippen LogP contribution < -0.4 is 0 Å². The minimum absolute atomic E-state index is 0.516. The van der Waals surface area contributed by atoms with Gasteiger partial charge in [0.05, 0.1) is 11.2 Å². The molecular formula is C19H14N4O4S. The third kappa shape index (κ3) is 4.57. The molecule has 0 atom stereocenters. The molecular weight excluding hydrogens is 380 g/mol. The molecule has 1 N–H and O–H groups in total. The second kappa shape index (κ2) is 7.98. The predicted molar refractivity (Wildman–Crippen MR) is 104 cm³/mol. The maximum absolute atomic E-state index is 9.08. The summed E-state index contributed by atoms with van der Waals surface area (Å²) in [6.07, 6.45) is 0. The van der Waals surface area contributed by atoms with E-state index in [-0.39, 0.29) is 0 Å². The molecule has 3 aromatic carbocycles. The van der Waals surface area contributed by atoms with E-state index in [0.717, 1.165) is 27.8 Å². The van der Waals surface area contributed by atoms with E-state index in [2.05, 4.69) is 4.98 Å². The monoisotopic (exact) mass is 394 g/mol. The maximum atomic E-state index is 9.08. The lowest BCUT2D eigenvalue weighted by molar-refractivity contribution is 0.366. The normalized spacial score (nSPS) is 10.8. The molecule has 0 spiro atoms. The molecule has 4 rings (SSSR count). The molecule has 0 aliphatic carbocycles. The number of aromatic nitrogens is 2. The molecule has 0 saturated carbocycles. The Morgan fingerprint density at radius 2 is 1.54 bits per heavy atom. The first-order chi connectivity index (χ1) is 13.4. The first-order valence-electron chi connectivity index (χ1n) is 8.04. The van der Waals surface area contributed by atoms with Gasteiger partial charge in [0.1, 0.15) is 5.69 Å². The first kappa shape index (κ1) is 19.2. The molecule has 0 aliphatic rings. The van der Waals surface area contributed by atoms with Crippen LogP contribution in [0.15, 0.2) is 78.9 Å². The molecule has 140 valence electrons. The van der Waals surface area contributed by atoms with Crippen molar-refractivity contribution in [3.63, 3.8) is 0 Å². The Labute approximate surface area is 160 Å². The van der Waals surface area contributed by atoms with E-state index in [4.69, 9.17) is 28.0 Å². The molecule has 4 aromatic rings. The van der Waals surface area contributed by atoms with Crippen molar-refractivity contribution in [1.29, 1.82) is 5.39 Å². The summed E-state index contributed by atoms with van der Waals surface area (Å²) in [4.78, 5) is 3.30. The van der Waals surface area contributed by atoms with Crippen LogP contribution in [0.3, 0.4) is 0 Å². The first-order valence-corrected chi connectivity index (χ1v) is 9.40. The molecule has 28 heavy (non-hydrogen) atoms. The van der Waals surface area contributed by atoms with Gasteiger partial charge in [0.15, 0.2) is 4.98 Å². The summed E-state index contributed by atoms with van der Waals surface area (Å²) in [6.45, 7) is 0. The number of hydrogen-bond donors (Lipinski definition) is 1. The number of rotatable bonds is 2. The lowest BCUT2D eigenvalue weighted by Crippen LogP contribution is -1.95. The highest BCUT2D eigenvalue weighted by Crippen LogP contribution is 2.32. The van der Waals surface area contributed by atoms with Crippen molar-refractivity contribution in [2.24, 2.45) is 0 Å². The predicted octanol–water partition coefficient (Wildman–Crippen LogP) is 4.18. The molecule has 0 radical (unpaired) electrons. The molecule has 8 nitrogen and oxygen atoms in total. The number of fused-ring (bicyclic) bond motifs is 1. The van der Waals surface area contributed by atoms with Crippen LogP contribution in [0.5, 0.6) is 0 Å².